The van der Waals surface area contributed by atoms with Gasteiger partial charge in [0.15, 0.2) is 5.78 Å². The number of ketones is 1. The number of carbonyl (C=O) groups excluding carboxylic acids is 2. The van der Waals surface area contributed by atoms with Crippen LogP contribution in [-0.2, 0) is 0 Å². The minimum atomic E-state index is -0.283. The van der Waals surface area contributed by atoms with Gasteiger partial charge in [-0.05, 0) is 44.5 Å². The number of aryl methyl sites for hydroxylation is 3. The zero-order chi connectivity index (χ0) is 21.7. The second kappa shape index (κ2) is 9.59. The van der Waals surface area contributed by atoms with Gasteiger partial charge in [0, 0.05) is 11.3 Å². The second-order valence-electron chi connectivity index (χ2n) is 6.99. The summed E-state index contributed by atoms with van der Waals surface area (Å²) < 4.78 is 5.32. The third-order valence-corrected chi connectivity index (χ3v) is 5.58. The van der Waals surface area contributed by atoms with Crippen molar-refractivity contribution in [2.75, 3.05) is 18.2 Å². The Morgan fingerprint density at radius 2 is 1.73 bits per heavy atom. The summed E-state index contributed by atoms with van der Waals surface area (Å²) in [5, 5.41) is 3.44. The average Bonchev–Trinajstić information content (AvgIpc) is 2.72. The normalized spacial score (nSPS) is 10.5. The van der Waals surface area contributed by atoms with Crippen molar-refractivity contribution in [2.24, 2.45) is 0 Å². The standard InChI is InChI=1S/C24H24N2O3S/c1-15-9-11-18(12-10-15)20(27)14-30-24-22(16(2)13-17(3)25-24)23(28)26-19-7-5-6-8-21(19)29-4/h5-13H,14H2,1-4H3,(H,26,28). The van der Waals surface area contributed by atoms with E-state index in [4.69, 9.17) is 4.74 Å². The van der Waals surface area contributed by atoms with Crippen LogP contribution < -0.4 is 10.1 Å². The number of pyridine rings is 1. The molecule has 30 heavy (non-hydrogen) atoms. The van der Waals surface area contributed by atoms with Crippen molar-refractivity contribution in [3.05, 3.63) is 82.5 Å². The molecule has 154 valence electrons. The van der Waals surface area contributed by atoms with Gasteiger partial charge in [0.2, 0.25) is 0 Å². The number of nitrogens with one attached hydrogen (secondary N) is 1. The van der Waals surface area contributed by atoms with Crippen molar-refractivity contribution < 1.29 is 14.3 Å². The fourth-order valence-electron chi connectivity index (χ4n) is 3.07. The summed E-state index contributed by atoms with van der Waals surface area (Å²) in [6.45, 7) is 5.73. The molecule has 0 aliphatic rings. The molecule has 6 heteroatoms. The average molecular weight is 421 g/mol. The number of rotatable bonds is 7. The highest BCUT2D eigenvalue weighted by Gasteiger charge is 2.20. The van der Waals surface area contributed by atoms with Crippen molar-refractivity contribution in [1.29, 1.82) is 0 Å². The van der Waals surface area contributed by atoms with E-state index < -0.39 is 0 Å². The lowest BCUT2D eigenvalue weighted by atomic mass is 10.1. The number of amides is 1. The smallest absolute Gasteiger partial charge is 0.258 e. The Hall–Kier alpha value is -3.12. The summed E-state index contributed by atoms with van der Waals surface area (Å²) in [4.78, 5) is 30.2. The van der Waals surface area contributed by atoms with Gasteiger partial charge >= 0.3 is 0 Å². The number of para-hydroxylation sites is 2. The van der Waals surface area contributed by atoms with Gasteiger partial charge in [-0.3, -0.25) is 9.59 Å². The number of nitrogens with zero attached hydrogens (tertiary/aromatic N) is 1. The predicted molar refractivity (Wildman–Crippen MR) is 121 cm³/mol. The summed E-state index contributed by atoms with van der Waals surface area (Å²) in [6.07, 6.45) is 0. The van der Waals surface area contributed by atoms with E-state index in [2.05, 4.69) is 10.3 Å². The highest BCUT2D eigenvalue weighted by atomic mass is 32.2. The number of thioether (sulfide) groups is 1. The van der Waals surface area contributed by atoms with Crippen molar-refractivity contribution in [1.82, 2.24) is 4.98 Å². The van der Waals surface area contributed by atoms with Crippen LogP contribution >= 0.6 is 11.8 Å². The molecular formula is C24H24N2O3S. The maximum Gasteiger partial charge on any atom is 0.258 e. The summed E-state index contributed by atoms with van der Waals surface area (Å²) in [5.41, 5.74) is 4.40. The third kappa shape index (κ3) is 5.07. The van der Waals surface area contributed by atoms with Crippen LogP contribution in [0.2, 0.25) is 0 Å². The maximum atomic E-state index is 13.1. The van der Waals surface area contributed by atoms with Crippen molar-refractivity contribution in [3.8, 4) is 5.75 Å². The second-order valence-corrected chi connectivity index (χ2v) is 7.96. The van der Waals surface area contributed by atoms with E-state index in [0.29, 0.717) is 27.6 Å². The monoisotopic (exact) mass is 420 g/mol. The van der Waals surface area contributed by atoms with Gasteiger partial charge in [-0.25, -0.2) is 4.98 Å². The molecule has 3 aromatic rings. The molecule has 3 rings (SSSR count). The van der Waals surface area contributed by atoms with Crippen LogP contribution in [0.4, 0.5) is 5.69 Å². The van der Waals surface area contributed by atoms with Crippen LogP contribution in [0.3, 0.4) is 0 Å². The minimum Gasteiger partial charge on any atom is -0.495 e. The molecule has 0 saturated carbocycles. The molecule has 5 nitrogen and oxygen atoms in total. The number of methoxy groups -OCH3 is 1. The molecule has 0 atom stereocenters. The number of anilines is 1. The number of hydrogen-bond donors (Lipinski definition) is 1. The molecular weight excluding hydrogens is 396 g/mol. The van der Waals surface area contributed by atoms with Crippen LogP contribution in [0.25, 0.3) is 0 Å². The first kappa shape index (κ1) is 21.6. The summed E-state index contributed by atoms with van der Waals surface area (Å²) >= 11 is 1.28. The van der Waals surface area contributed by atoms with Gasteiger partial charge in [0.05, 0.1) is 24.1 Å². The number of Topliss-reactive ketones (excluding diaryl/α,β-unsaturated/α-hetero) is 1. The number of hydrogen-bond acceptors (Lipinski definition) is 5. The van der Waals surface area contributed by atoms with Gasteiger partial charge in [-0.2, -0.15) is 0 Å². The van der Waals surface area contributed by atoms with Gasteiger partial charge < -0.3 is 10.1 Å². The van der Waals surface area contributed by atoms with E-state index in [-0.39, 0.29) is 17.4 Å². The zero-order valence-electron chi connectivity index (χ0n) is 17.5. The van der Waals surface area contributed by atoms with E-state index >= 15 is 0 Å². The molecule has 0 radical (unpaired) electrons. The molecule has 0 aliphatic heterocycles. The molecule has 1 aromatic heterocycles. The Morgan fingerprint density at radius 1 is 1.03 bits per heavy atom. The van der Waals surface area contributed by atoms with Gasteiger partial charge in [-0.1, -0.05) is 53.7 Å². The number of carbonyl (C=O) groups is 2. The predicted octanol–water partition coefficient (Wildman–Crippen LogP) is 5.24. The van der Waals surface area contributed by atoms with Crippen molar-refractivity contribution >= 4 is 29.1 Å². The zero-order valence-corrected chi connectivity index (χ0v) is 18.3. The molecule has 0 aliphatic carbocycles. The van der Waals surface area contributed by atoms with Crippen LogP contribution in [0, 0.1) is 20.8 Å². The molecule has 1 N–H and O–H groups in total. The Morgan fingerprint density at radius 3 is 2.43 bits per heavy atom. The Labute approximate surface area is 180 Å². The van der Waals surface area contributed by atoms with Gasteiger partial charge in [0.1, 0.15) is 10.8 Å². The molecule has 0 fully saturated rings. The highest BCUT2D eigenvalue weighted by Crippen LogP contribution is 2.28. The molecule has 1 amide bonds. The molecule has 0 unspecified atom stereocenters. The summed E-state index contributed by atoms with van der Waals surface area (Å²) in [5.74, 6) is 0.493. The lowest BCUT2D eigenvalue weighted by Crippen LogP contribution is -2.17. The maximum absolute atomic E-state index is 13.1. The summed E-state index contributed by atoms with van der Waals surface area (Å²) in [6, 6.07) is 16.6. The molecule has 0 spiro atoms. The lowest BCUT2D eigenvalue weighted by Gasteiger charge is -2.14. The van der Waals surface area contributed by atoms with E-state index in [1.165, 1.54) is 11.8 Å². The largest absolute Gasteiger partial charge is 0.495 e. The lowest BCUT2D eigenvalue weighted by molar-refractivity contribution is 0.101. The van der Waals surface area contributed by atoms with E-state index in [9.17, 15) is 9.59 Å². The summed E-state index contributed by atoms with van der Waals surface area (Å²) in [7, 11) is 1.56. The van der Waals surface area contributed by atoms with E-state index in [1.807, 2.05) is 63.2 Å². The molecule has 2 aromatic carbocycles. The van der Waals surface area contributed by atoms with E-state index in [0.717, 1.165) is 16.8 Å². The fourth-order valence-corrected chi connectivity index (χ4v) is 4.11. The van der Waals surface area contributed by atoms with E-state index in [1.54, 1.807) is 19.2 Å². The van der Waals surface area contributed by atoms with Crippen LogP contribution in [0.15, 0.2) is 59.6 Å². The first-order valence-corrected chi connectivity index (χ1v) is 10.5. The number of benzene rings is 2. The third-order valence-electron chi connectivity index (χ3n) is 4.61. The first-order chi connectivity index (χ1) is 14.4. The van der Waals surface area contributed by atoms with Crippen LogP contribution in [0.5, 0.6) is 5.75 Å². The van der Waals surface area contributed by atoms with Crippen molar-refractivity contribution in [2.45, 2.75) is 25.8 Å². The fraction of sp³-hybridized carbons (Fsp3) is 0.208. The SMILES string of the molecule is COc1ccccc1NC(=O)c1c(C)cc(C)nc1SCC(=O)c1ccc(C)cc1. The van der Waals surface area contributed by atoms with Crippen molar-refractivity contribution in [3.63, 3.8) is 0 Å². The Balaban J connectivity index is 1.84. The Bertz CT molecular complexity index is 1080. The van der Waals surface area contributed by atoms with Gasteiger partial charge in [-0.15, -0.1) is 0 Å². The Kier molecular flexibility index (Phi) is 6.90. The quantitative estimate of drug-likeness (QED) is 0.418. The number of aromatic nitrogens is 1. The van der Waals surface area contributed by atoms with Crippen LogP contribution in [-0.4, -0.2) is 29.5 Å². The first-order valence-electron chi connectivity index (χ1n) is 9.54. The van der Waals surface area contributed by atoms with Crippen LogP contribution in [0.1, 0.15) is 37.5 Å². The highest BCUT2D eigenvalue weighted by molar-refractivity contribution is 8.00. The molecule has 1 heterocycles. The topological polar surface area (TPSA) is 68.3 Å². The number of ether oxygens (including phenoxy) is 1. The minimum absolute atomic E-state index is 0.00274. The molecule has 0 bridgehead atoms. The van der Waals surface area contributed by atoms with Gasteiger partial charge in [0.25, 0.3) is 5.91 Å². The molecule has 0 saturated heterocycles.